The molecule has 0 aromatic heterocycles. The molecular weight excluding hydrogens is 372 g/mol. The first-order valence-electron chi connectivity index (χ1n) is 9.35. The highest BCUT2D eigenvalue weighted by molar-refractivity contribution is 6.00. The molecule has 1 heterocycles. The quantitative estimate of drug-likeness (QED) is 0.759. The summed E-state index contributed by atoms with van der Waals surface area (Å²) in [5.74, 6) is -1.23. The van der Waals surface area contributed by atoms with E-state index in [2.05, 4.69) is 5.32 Å². The summed E-state index contributed by atoms with van der Waals surface area (Å²) in [6.45, 7) is 3.68. The summed E-state index contributed by atoms with van der Waals surface area (Å²) in [7, 11) is 1.51. The number of carbonyl (C=O) groups excluding carboxylic acids is 3. The number of aryl methyl sites for hydroxylation is 2. The fourth-order valence-electron chi connectivity index (χ4n) is 3.20. The van der Waals surface area contributed by atoms with E-state index in [1.165, 1.54) is 7.11 Å². The van der Waals surface area contributed by atoms with Crippen molar-refractivity contribution in [2.45, 2.75) is 20.3 Å². The zero-order valence-electron chi connectivity index (χ0n) is 16.7. The lowest BCUT2D eigenvalue weighted by Crippen LogP contribution is -2.28. The molecule has 152 valence electrons. The molecule has 7 heteroatoms. The molecule has 1 saturated heterocycles. The van der Waals surface area contributed by atoms with Gasteiger partial charge in [0.2, 0.25) is 5.91 Å². The van der Waals surface area contributed by atoms with Gasteiger partial charge in [0, 0.05) is 18.7 Å². The molecule has 1 atom stereocenters. The number of rotatable bonds is 6. The molecular formula is C22H24N2O5. The van der Waals surface area contributed by atoms with Crippen molar-refractivity contribution in [3.8, 4) is 5.75 Å². The standard InChI is InChI=1S/C22H24N2O5/c1-14-4-7-17(8-5-14)24-12-16(11-21(24)26)22(27)29-13-20(25)23-18-10-15(2)6-9-19(18)28-3/h4-10,16H,11-13H2,1-3H3,(H,23,25)/t16-/m0/s1. The van der Waals surface area contributed by atoms with Gasteiger partial charge in [0.05, 0.1) is 18.7 Å². The second kappa shape index (κ2) is 8.77. The van der Waals surface area contributed by atoms with Crippen LogP contribution in [0.3, 0.4) is 0 Å². The van der Waals surface area contributed by atoms with Crippen molar-refractivity contribution in [1.29, 1.82) is 0 Å². The Kier molecular flexibility index (Phi) is 6.16. The minimum absolute atomic E-state index is 0.0695. The predicted molar refractivity (Wildman–Crippen MR) is 109 cm³/mol. The average Bonchev–Trinajstić information content (AvgIpc) is 3.09. The minimum Gasteiger partial charge on any atom is -0.495 e. The third-order valence-corrected chi connectivity index (χ3v) is 4.78. The molecule has 1 aliphatic rings. The van der Waals surface area contributed by atoms with Crippen molar-refractivity contribution in [2.75, 3.05) is 30.5 Å². The Bertz CT molecular complexity index is 923. The molecule has 29 heavy (non-hydrogen) atoms. The molecule has 0 spiro atoms. The van der Waals surface area contributed by atoms with E-state index in [0.717, 1.165) is 16.8 Å². The molecule has 1 aliphatic heterocycles. The number of hydrogen-bond donors (Lipinski definition) is 1. The number of anilines is 2. The van der Waals surface area contributed by atoms with Crippen LogP contribution in [0, 0.1) is 19.8 Å². The van der Waals surface area contributed by atoms with E-state index in [1.807, 2.05) is 44.2 Å². The Balaban J connectivity index is 1.54. The molecule has 0 radical (unpaired) electrons. The van der Waals surface area contributed by atoms with Crippen molar-refractivity contribution in [2.24, 2.45) is 5.92 Å². The maximum atomic E-state index is 12.4. The molecule has 3 rings (SSSR count). The minimum atomic E-state index is -0.592. The summed E-state index contributed by atoms with van der Waals surface area (Å²) >= 11 is 0. The molecule has 0 aliphatic carbocycles. The largest absolute Gasteiger partial charge is 0.495 e. The fraction of sp³-hybridized carbons (Fsp3) is 0.318. The summed E-state index contributed by atoms with van der Waals surface area (Å²) in [5.41, 5.74) is 3.31. The molecule has 0 unspecified atom stereocenters. The van der Waals surface area contributed by atoms with Crippen LogP contribution >= 0.6 is 0 Å². The summed E-state index contributed by atoms with van der Waals surface area (Å²) in [5, 5.41) is 2.68. The van der Waals surface area contributed by atoms with Crippen molar-refractivity contribution in [3.05, 3.63) is 53.6 Å². The lowest BCUT2D eigenvalue weighted by molar-refractivity contribution is -0.151. The Morgan fingerprint density at radius 1 is 1.10 bits per heavy atom. The molecule has 1 fully saturated rings. The molecule has 1 N–H and O–H groups in total. The molecule has 2 aromatic rings. The monoisotopic (exact) mass is 396 g/mol. The van der Waals surface area contributed by atoms with E-state index in [4.69, 9.17) is 9.47 Å². The predicted octanol–water partition coefficient (Wildman–Crippen LogP) is 2.85. The van der Waals surface area contributed by atoms with Crippen LogP contribution in [0.2, 0.25) is 0 Å². The van der Waals surface area contributed by atoms with Crippen LogP contribution in [-0.2, 0) is 19.1 Å². The van der Waals surface area contributed by atoms with Gasteiger partial charge in [0.1, 0.15) is 5.75 Å². The van der Waals surface area contributed by atoms with Crippen molar-refractivity contribution in [1.82, 2.24) is 0 Å². The van der Waals surface area contributed by atoms with Gasteiger partial charge in [-0.1, -0.05) is 23.8 Å². The van der Waals surface area contributed by atoms with Gasteiger partial charge in [0.25, 0.3) is 5.91 Å². The van der Waals surface area contributed by atoms with E-state index in [0.29, 0.717) is 11.4 Å². The molecule has 2 amide bonds. The third-order valence-electron chi connectivity index (χ3n) is 4.78. The number of esters is 1. The normalized spacial score (nSPS) is 15.9. The van der Waals surface area contributed by atoms with Gasteiger partial charge in [-0.05, 0) is 43.7 Å². The Labute approximate surface area is 169 Å². The van der Waals surface area contributed by atoms with Crippen LogP contribution in [0.1, 0.15) is 17.5 Å². The number of amides is 2. The first kappa shape index (κ1) is 20.4. The average molecular weight is 396 g/mol. The van der Waals surface area contributed by atoms with Crippen LogP contribution < -0.4 is 15.0 Å². The lowest BCUT2D eigenvalue weighted by Gasteiger charge is -2.16. The topological polar surface area (TPSA) is 84.9 Å². The fourth-order valence-corrected chi connectivity index (χ4v) is 3.20. The van der Waals surface area contributed by atoms with Gasteiger partial charge >= 0.3 is 5.97 Å². The van der Waals surface area contributed by atoms with Gasteiger partial charge in [-0.2, -0.15) is 0 Å². The Morgan fingerprint density at radius 3 is 2.48 bits per heavy atom. The Hall–Kier alpha value is -3.35. The van der Waals surface area contributed by atoms with Gasteiger partial charge in [-0.3, -0.25) is 14.4 Å². The third kappa shape index (κ3) is 4.93. The highest BCUT2D eigenvalue weighted by Crippen LogP contribution is 2.27. The number of nitrogens with zero attached hydrogens (tertiary/aromatic N) is 1. The lowest BCUT2D eigenvalue weighted by atomic mass is 10.1. The maximum Gasteiger partial charge on any atom is 0.311 e. The van der Waals surface area contributed by atoms with E-state index in [-0.39, 0.29) is 18.9 Å². The van der Waals surface area contributed by atoms with Gasteiger partial charge in [-0.25, -0.2) is 0 Å². The number of carbonyl (C=O) groups is 3. The summed E-state index contributed by atoms with van der Waals surface area (Å²) in [6.07, 6.45) is 0.0695. The first-order chi connectivity index (χ1) is 13.9. The van der Waals surface area contributed by atoms with Crippen molar-refractivity contribution < 1.29 is 23.9 Å². The molecule has 0 saturated carbocycles. The highest BCUT2D eigenvalue weighted by Gasteiger charge is 2.36. The second-order valence-corrected chi connectivity index (χ2v) is 7.10. The summed E-state index contributed by atoms with van der Waals surface area (Å²) < 4.78 is 10.4. The molecule has 2 aromatic carbocycles. The van der Waals surface area contributed by atoms with Gasteiger partial charge < -0.3 is 19.7 Å². The van der Waals surface area contributed by atoms with Gasteiger partial charge in [0.15, 0.2) is 6.61 Å². The van der Waals surface area contributed by atoms with Crippen molar-refractivity contribution >= 4 is 29.2 Å². The summed E-state index contributed by atoms with van der Waals surface area (Å²) in [4.78, 5) is 38.4. The maximum absolute atomic E-state index is 12.4. The highest BCUT2D eigenvalue weighted by atomic mass is 16.5. The van der Waals surface area contributed by atoms with E-state index in [1.54, 1.807) is 17.0 Å². The second-order valence-electron chi connectivity index (χ2n) is 7.10. The molecule has 0 bridgehead atoms. The zero-order valence-corrected chi connectivity index (χ0v) is 16.7. The van der Waals surface area contributed by atoms with Crippen LogP contribution in [0.4, 0.5) is 11.4 Å². The number of methoxy groups -OCH3 is 1. The SMILES string of the molecule is COc1ccc(C)cc1NC(=O)COC(=O)[C@H]1CC(=O)N(c2ccc(C)cc2)C1. The Morgan fingerprint density at radius 2 is 1.79 bits per heavy atom. The van der Waals surface area contributed by atoms with E-state index < -0.39 is 24.4 Å². The molecule has 7 nitrogen and oxygen atoms in total. The van der Waals surface area contributed by atoms with Crippen LogP contribution in [-0.4, -0.2) is 38.0 Å². The first-order valence-corrected chi connectivity index (χ1v) is 9.35. The van der Waals surface area contributed by atoms with Crippen LogP contribution in [0.25, 0.3) is 0 Å². The van der Waals surface area contributed by atoms with E-state index in [9.17, 15) is 14.4 Å². The number of benzene rings is 2. The van der Waals surface area contributed by atoms with Crippen LogP contribution in [0.15, 0.2) is 42.5 Å². The number of hydrogen-bond acceptors (Lipinski definition) is 5. The number of ether oxygens (including phenoxy) is 2. The zero-order chi connectivity index (χ0) is 21.0. The van der Waals surface area contributed by atoms with E-state index >= 15 is 0 Å². The number of nitrogens with one attached hydrogen (secondary N) is 1. The van der Waals surface area contributed by atoms with Crippen molar-refractivity contribution in [3.63, 3.8) is 0 Å². The summed E-state index contributed by atoms with van der Waals surface area (Å²) in [6, 6.07) is 12.9. The van der Waals surface area contributed by atoms with Gasteiger partial charge in [-0.15, -0.1) is 0 Å². The van der Waals surface area contributed by atoms with Crippen LogP contribution in [0.5, 0.6) is 5.75 Å². The smallest absolute Gasteiger partial charge is 0.311 e.